The second-order valence-corrected chi connectivity index (χ2v) is 5.72. The minimum Gasteiger partial charge on any atom is -0.295 e. The van der Waals surface area contributed by atoms with Crippen LogP contribution >= 0.6 is 35.0 Å². The molecule has 0 fully saturated rings. The predicted octanol–water partition coefficient (Wildman–Crippen LogP) is 5.35. The summed E-state index contributed by atoms with van der Waals surface area (Å²) >= 11 is 13.5. The van der Waals surface area contributed by atoms with Gasteiger partial charge in [0.2, 0.25) is 0 Å². The zero-order valence-electron chi connectivity index (χ0n) is 9.61. The van der Waals surface area contributed by atoms with Crippen molar-refractivity contribution in [3.63, 3.8) is 0 Å². The molecule has 0 aliphatic carbocycles. The van der Waals surface area contributed by atoms with Gasteiger partial charge >= 0.3 is 0 Å². The lowest BCUT2D eigenvalue weighted by atomic mass is 10.2. The highest BCUT2D eigenvalue weighted by atomic mass is 35.5. The first-order valence-electron chi connectivity index (χ1n) is 5.30. The molecule has 0 N–H and O–H groups in total. The lowest BCUT2D eigenvalue weighted by molar-refractivity contribution is 0.101. The normalized spacial score (nSPS) is 10.4. The number of hydrogen-bond donors (Lipinski definition) is 0. The molecule has 0 saturated heterocycles. The van der Waals surface area contributed by atoms with Gasteiger partial charge in [-0.25, -0.2) is 0 Å². The number of carbonyl (C=O) groups is 1. The Balaban J connectivity index is 2.23. The Kier molecular flexibility index (Phi) is 4.33. The molecular formula is C14H10Cl2OS. The zero-order chi connectivity index (χ0) is 13.1. The fourth-order valence-electron chi connectivity index (χ4n) is 1.44. The maximum absolute atomic E-state index is 11.2. The van der Waals surface area contributed by atoms with E-state index in [0.717, 1.165) is 9.79 Å². The molecule has 1 nitrogen and oxygen atoms in total. The molecule has 0 heterocycles. The molecule has 0 amide bonds. The number of ketones is 1. The molecule has 2 rings (SSSR count). The third-order valence-corrected chi connectivity index (χ3v) is 4.12. The Morgan fingerprint density at radius 3 is 2.33 bits per heavy atom. The average Bonchev–Trinajstić information content (AvgIpc) is 2.34. The van der Waals surface area contributed by atoms with Crippen LogP contribution in [0.2, 0.25) is 10.0 Å². The molecule has 2 aromatic rings. The number of halogens is 2. The minimum absolute atomic E-state index is 0.0623. The minimum atomic E-state index is 0.0623. The summed E-state index contributed by atoms with van der Waals surface area (Å²) in [6, 6.07) is 12.8. The van der Waals surface area contributed by atoms with Crippen molar-refractivity contribution in [2.45, 2.75) is 16.7 Å². The first-order valence-corrected chi connectivity index (χ1v) is 6.87. The molecule has 4 heteroatoms. The summed E-state index contributed by atoms with van der Waals surface area (Å²) in [7, 11) is 0. The Morgan fingerprint density at radius 2 is 1.72 bits per heavy atom. The molecule has 0 aliphatic heterocycles. The van der Waals surface area contributed by atoms with E-state index in [9.17, 15) is 4.79 Å². The van der Waals surface area contributed by atoms with E-state index in [4.69, 9.17) is 23.2 Å². The molecule has 0 unspecified atom stereocenters. The van der Waals surface area contributed by atoms with Gasteiger partial charge in [0, 0.05) is 20.4 Å². The Labute approximate surface area is 120 Å². The van der Waals surface area contributed by atoms with Crippen molar-refractivity contribution in [2.75, 3.05) is 0 Å². The van der Waals surface area contributed by atoms with E-state index in [0.29, 0.717) is 15.6 Å². The molecule has 0 aliphatic rings. The largest absolute Gasteiger partial charge is 0.295 e. The third kappa shape index (κ3) is 3.29. The van der Waals surface area contributed by atoms with Crippen molar-refractivity contribution in [3.8, 4) is 0 Å². The van der Waals surface area contributed by atoms with Crippen LogP contribution in [0.1, 0.15) is 17.3 Å². The molecule has 18 heavy (non-hydrogen) atoms. The van der Waals surface area contributed by atoms with Crippen molar-refractivity contribution in [1.29, 1.82) is 0 Å². The Hall–Kier alpha value is -0.960. The van der Waals surface area contributed by atoms with Crippen LogP contribution in [0.3, 0.4) is 0 Å². The van der Waals surface area contributed by atoms with Gasteiger partial charge in [0.1, 0.15) is 0 Å². The number of hydrogen-bond acceptors (Lipinski definition) is 2. The Morgan fingerprint density at radius 1 is 1.06 bits per heavy atom. The first-order chi connectivity index (χ1) is 8.56. The number of Topliss-reactive ketones (excluding diaryl/α,β-unsaturated/α-hetero) is 1. The second-order valence-electron chi connectivity index (χ2n) is 3.76. The summed E-state index contributed by atoms with van der Waals surface area (Å²) in [6.45, 7) is 1.55. The predicted molar refractivity (Wildman–Crippen MR) is 77.0 cm³/mol. The van der Waals surface area contributed by atoms with E-state index in [2.05, 4.69) is 0 Å². The van der Waals surface area contributed by atoms with Gasteiger partial charge in [-0.15, -0.1) is 0 Å². The van der Waals surface area contributed by atoms with Crippen LogP contribution in [0.5, 0.6) is 0 Å². The van der Waals surface area contributed by atoms with Gasteiger partial charge < -0.3 is 0 Å². The topological polar surface area (TPSA) is 17.1 Å². The number of carbonyl (C=O) groups excluding carboxylic acids is 1. The van der Waals surface area contributed by atoms with E-state index < -0.39 is 0 Å². The zero-order valence-corrected chi connectivity index (χ0v) is 11.9. The standard InChI is InChI=1S/C14H10Cl2OS/c1-9(17)10-2-5-12(6-3-10)18-14-8-11(15)4-7-13(14)16/h2-8H,1H3. The van der Waals surface area contributed by atoms with E-state index in [1.807, 2.05) is 30.3 Å². The van der Waals surface area contributed by atoms with E-state index >= 15 is 0 Å². The van der Waals surface area contributed by atoms with Gasteiger partial charge in [-0.05, 0) is 37.3 Å². The van der Waals surface area contributed by atoms with Crippen LogP contribution in [0.15, 0.2) is 52.3 Å². The molecule has 2 aromatic carbocycles. The smallest absolute Gasteiger partial charge is 0.159 e. The molecule has 0 atom stereocenters. The lowest BCUT2D eigenvalue weighted by Crippen LogP contribution is -1.90. The van der Waals surface area contributed by atoms with Gasteiger partial charge in [0.05, 0.1) is 5.02 Å². The molecular weight excluding hydrogens is 287 g/mol. The van der Waals surface area contributed by atoms with E-state index in [1.165, 1.54) is 11.8 Å². The fourth-order valence-corrected chi connectivity index (χ4v) is 2.79. The van der Waals surface area contributed by atoms with Crippen molar-refractivity contribution in [3.05, 3.63) is 58.1 Å². The van der Waals surface area contributed by atoms with Crippen molar-refractivity contribution >= 4 is 40.7 Å². The van der Waals surface area contributed by atoms with Crippen LogP contribution in [0.4, 0.5) is 0 Å². The van der Waals surface area contributed by atoms with Crippen LogP contribution in [0.25, 0.3) is 0 Å². The van der Waals surface area contributed by atoms with E-state index in [1.54, 1.807) is 19.1 Å². The van der Waals surface area contributed by atoms with Crippen molar-refractivity contribution < 1.29 is 4.79 Å². The summed E-state index contributed by atoms with van der Waals surface area (Å²) in [6.07, 6.45) is 0. The maximum Gasteiger partial charge on any atom is 0.159 e. The SMILES string of the molecule is CC(=O)c1ccc(Sc2cc(Cl)ccc2Cl)cc1. The van der Waals surface area contributed by atoms with Gasteiger partial charge in [-0.3, -0.25) is 4.79 Å². The van der Waals surface area contributed by atoms with Crippen LogP contribution in [0, 0.1) is 0 Å². The molecule has 0 bridgehead atoms. The van der Waals surface area contributed by atoms with Crippen LogP contribution in [-0.4, -0.2) is 5.78 Å². The molecule has 0 spiro atoms. The van der Waals surface area contributed by atoms with Gasteiger partial charge in [0.15, 0.2) is 5.78 Å². The monoisotopic (exact) mass is 296 g/mol. The van der Waals surface area contributed by atoms with Gasteiger partial charge in [-0.1, -0.05) is 47.1 Å². The van der Waals surface area contributed by atoms with E-state index in [-0.39, 0.29) is 5.78 Å². The molecule has 0 saturated carbocycles. The highest BCUT2D eigenvalue weighted by Crippen LogP contribution is 2.35. The summed E-state index contributed by atoms with van der Waals surface area (Å²) in [5.41, 5.74) is 0.705. The summed E-state index contributed by atoms with van der Waals surface area (Å²) in [4.78, 5) is 13.1. The lowest BCUT2D eigenvalue weighted by Gasteiger charge is -2.05. The molecule has 0 radical (unpaired) electrons. The van der Waals surface area contributed by atoms with Gasteiger partial charge in [0.25, 0.3) is 0 Å². The quantitative estimate of drug-likeness (QED) is 0.711. The average molecular weight is 297 g/mol. The van der Waals surface area contributed by atoms with Crippen molar-refractivity contribution in [1.82, 2.24) is 0 Å². The van der Waals surface area contributed by atoms with Gasteiger partial charge in [-0.2, -0.15) is 0 Å². The van der Waals surface area contributed by atoms with Crippen LogP contribution < -0.4 is 0 Å². The third-order valence-electron chi connectivity index (χ3n) is 2.38. The Bertz CT molecular complexity index is 579. The first kappa shape index (κ1) is 13.5. The summed E-state index contributed by atoms with van der Waals surface area (Å²) < 4.78 is 0. The molecule has 0 aromatic heterocycles. The fraction of sp³-hybridized carbons (Fsp3) is 0.0714. The maximum atomic E-state index is 11.2. The second kappa shape index (κ2) is 5.79. The molecule has 92 valence electrons. The summed E-state index contributed by atoms with van der Waals surface area (Å²) in [5.74, 6) is 0.0623. The summed E-state index contributed by atoms with van der Waals surface area (Å²) in [5, 5.41) is 1.32. The number of benzene rings is 2. The highest BCUT2D eigenvalue weighted by molar-refractivity contribution is 7.99. The van der Waals surface area contributed by atoms with Crippen molar-refractivity contribution in [2.24, 2.45) is 0 Å². The number of rotatable bonds is 3. The highest BCUT2D eigenvalue weighted by Gasteiger charge is 2.05. The van der Waals surface area contributed by atoms with Crippen LogP contribution in [-0.2, 0) is 0 Å².